The van der Waals surface area contributed by atoms with Gasteiger partial charge in [-0.05, 0) is 64.4 Å². The highest BCUT2D eigenvalue weighted by Crippen LogP contribution is 2.31. The van der Waals surface area contributed by atoms with Crippen molar-refractivity contribution in [3.8, 4) is 11.1 Å². The molecule has 47 heavy (non-hydrogen) atoms. The Morgan fingerprint density at radius 3 is 2.09 bits per heavy atom. The molecule has 5 rings (SSSR count). The summed E-state index contributed by atoms with van der Waals surface area (Å²) >= 11 is 0. The highest BCUT2D eigenvalue weighted by molar-refractivity contribution is 5.82. The number of amides is 1. The number of benzene rings is 4. The van der Waals surface area contributed by atoms with Gasteiger partial charge in [-0.3, -0.25) is 9.59 Å². The van der Waals surface area contributed by atoms with E-state index >= 15 is 0 Å². The highest BCUT2D eigenvalue weighted by Gasteiger charge is 2.30. The van der Waals surface area contributed by atoms with Gasteiger partial charge < -0.3 is 9.47 Å². The molecule has 1 amide bonds. The van der Waals surface area contributed by atoms with Crippen molar-refractivity contribution in [3.63, 3.8) is 0 Å². The first kappa shape index (κ1) is 33.5. The van der Waals surface area contributed by atoms with E-state index in [9.17, 15) is 31.5 Å². The Hall–Kier alpha value is -4.86. The van der Waals surface area contributed by atoms with Crippen LogP contribution in [0.3, 0.4) is 0 Å². The largest absolute Gasteiger partial charge is 0.416 e. The molecule has 244 valence electrons. The normalized spacial score (nSPS) is 12.0. The molecular formula is C37H34F5N3O2. The summed E-state index contributed by atoms with van der Waals surface area (Å²) in [5, 5.41) is 0.335. The Morgan fingerprint density at radius 1 is 0.809 bits per heavy atom. The summed E-state index contributed by atoms with van der Waals surface area (Å²) in [6, 6.07) is 23.0. The van der Waals surface area contributed by atoms with Crippen LogP contribution in [0.15, 0.2) is 95.8 Å². The first-order valence-corrected chi connectivity index (χ1v) is 15.2. The lowest BCUT2D eigenvalue weighted by Crippen LogP contribution is -2.40. The van der Waals surface area contributed by atoms with Crippen molar-refractivity contribution in [3.05, 3.63) is 135 Å². The van der Waals surface area contributed by atoms with Crippen LogP contribution in [-0.2, 0) is 36.9 Å². The van der Waals surface area contributed by atoms with Crippen LogP contribution >= 0.6 is 0 Å². The number of alkyl halides is 3. The molecule has 0 saturated carbocycles. The maximum absolute atomic E-state index is 14.4. The van der Waals surface area contributed by atoms with E-state index in [-0.39, 0.29) is 48.6 Å². The van der Waals surface area contributed by atoms with Gasteiger partial charge in [-0.15, -0.1) is 0 Å². The molecule has 0 unspecified atom stereocenters. The summed E-state index contributed by atoms with van der Waals surface area (Å²) in [6.07, 6.45) is -4.25. The van der Waals surface area contributed by atoms with Crippen molar-refractivity contribution >= 4 is 16.8 Å². The van der Waals surface area contributed by atoms with Crippen LogP contribution in [0.4, 0.5) is 22.0 Å². The van der Waals surface area contributed by atoms with Gasteiger partial charge in [-0.25, -0.2) is 8.78 Å². The molecule has 10 heteroatoms. The van der Waals surface area contributed by atoms with E-state index < -0.39 is 28.9 Å². The maximum atomic E-state index is 14.4. The summed E-state index contributed by atoms with van der Waals surface area (Å²) in [5.41, 5.74) is 1.38. The second-order valence-electron chi connectivity index (χ2n) is 12.7. The van der Waals surface area contributed by atoms with Crippen LogP contribution in [-0.4, -0.2) is 26.9 Å². The van der Waals surface area contributed by atoms with Gasteiger partial charge in [-0.1, -0.05) is 81.4 Å². The van der Waals surface area contributed by atoms with E-state index in [1.165, 1.54) is 24.3 Å². The monoisotopic (exact) mass is 647 g/mol. The van der Waals surface area contributed by atoms with Gasteiger partial charge in [0, 0.05) is 19.5 Å². The average molecular weight is 648 g/mol. The lowest BCUT2D eigenvalue weighted by molar-refractivity contribution is -0.137. The molecule has 0 aliphatic heterocycles. The number of hydrogen-bond donors (Lipinski definition) is 0. The van der Waals surface area contributed by atoms with Gasteiger partial charge in [0.1, 0.15) is 12.4 Å². The topological polar surface area (TPSA) is 55.2 Å². The van der Waals surface area contributed by atoms with E-state index in [0.717, 1.165) is 29.3 Å². The van der Waals surface area contributed by atoms with Gasteiger partial charge in [0.15, 0.2) is 11.6 Å². The molecule has 0 saturated heterocycles. The molecule has 1 heterocycles. The fraction of sp³-hybridized carbons (Fsp3) is 0.270. The summed E-state index contributed by atoms with van der Waals surface area (Å²) in [6.45, 7) is 6.55. The molecule has 5 aromatic rings. The minimum atomic E-state index is -4.41. The molecule has 0 fully saturated rings. The van der Waals surface area contributed by atoms with Gasteiger partial charge in [0.2, 0.25) is 5.91 Å². The molecule has 0 radical (unpaired) electrons. The van der Waals surface area contributed by atoms with Crippen molar-refractivity contribution in [2.75, 3.05) is 6.54 Å². The molecule has 4 aromatic carbocycles. The van der Waals surface area contributed by atoms with Crippen LogP contribution < -0.4 is 5.56 Å². The lowest BCUT2D eigenvalue weighted by Gasteiger charge is -2.31. The van der Waals surface area contributed by atoms with Gasteiger partial charge in [0.25, 0.3) is 5.56 Å². The van der Waals surface area contributed by atoms with E-state index in [1.54, 1.807) is 45.9 Å². The predicted octanol–water partition coefficient (Wildman–Crippen LogP) is 8.22. The second kappa shape index (κ2) is 13.5. The van der Waals surface area contributed by atoms with Crippen molar-refractivity contribution in [2.24, 2.45) is 5.41 Å². The van der Waals surface area contributed by atoms with Crippen molar-refractivity contribution in [1.29, 1.82) is 0 Å². The molecule has 0 bridgehead atoms. The fourth-order valence-corrected chi connectivity index (χ4v) is 5.54. The molecule has 0 aliphatic rings. The molecular weight excluding hydrogens is 613 g/mol. The molecule has 0 spiro atoms. The Labute approximate surface area is 269 Å². The standard InChI is InChI=1S/C37H34F5N3O2/c1-36(2,3)23-44(21-24-11-13-25(14-12-24)26-15-18-28(19-16-26)37(40,41)42)33(46)22-45-31-10-5-4-8-29(31)35(47)43-32(45)20-17-27-7-6-9-30(38)34(27)39/h4-16,18-19H,17,20-23H2,1-3H3. The number of rotatable bonds is 9. The Bertz CT molecular complexity index is 1940. The summed E-state index contributed by atoms with van der Waals surface area (Å²) in [5.74, 6) is -1.88. The summed E-state index contributed by atoms with van der Waals surface area (Å²) < 4.78 is 68.9. The number of fused-ring (bicyclic) bond motifs is 1. The van der Waals surface area contributed by atoms with Crippen molar-refractivity contribution in [1.82, 2.24) is 14.5 Å². The molecule has 1 aromatic heterocycles. The number of aromatic nitrogens is 2. The minimum absolute atomic E-state index is 0.0690. The number of carbonyl (C=O) groups is 1. The number of para-hydroxylation sites is 1. The number of halogens is 5. The van der Waals surface area contributed by atoms with Crippen LogP contribution in [0.5, 0.6) is 0 Å². The third-order valence-corrected chi connectivity index (χ3v) is 7.80. The third-order valence-electron chi connectivity index (χ3n) is 7.80. The smallest absolute Gasteiger partial charge is 0.336 e. The van der Waals surface area contributed by atoms with E-state index in [4.69, 9.17) is 0 Å². The average Bonchev–Trinajstić information content (AvgIpc) is 3.02. The molecule has 0 N–H and O–H groups in total. The first-order chi connectivity index (χ1) is 22.2. The Morgan fingerprint density at radius 2 is 1.45 bits per heavy atom. The zero-order valence-corrected chi connectivity index (χ0v) is 26.2. The third kappa shape index (κ3) is 8.11. The molecule has 0 atom stereocenters. The van der Waals surface area contributed by atoms with Gasteiger partial charge >= 0.3 is 6.18 Å². The predicted molar refractivity (Wildman–Crippen MR) is 172 cm³/mol. The summed E-state index contributed by atoms with van der Waals surface area (Å²) in [4.78, 5) is 32.9. The molecule has 0 aliphatic carbocycles. The molecule has 5 nitrogen and oxygen atoms in total. The van der Waals surface area contributed by atoms with Crippen molar-refractivity contribution < 1.29 is 26.7 Å². The van der Waals surface area contributed by atoms with Gasteiger partial charge in [0.05, 0.1) is 16.5 Å². The fourth-order valence-electron chi connectivity index (χ4n) is 5.54. The zero-order valence-electron chi connectivity index (χ0n) is 26.2. The zero-order chi connectivity index (χ0) is 33.9. The highest BCUT2D eigenvalue weighted by atomic mass is 19.4. The van der Waals surface area contributed by atoms with Crippen LogP contribution in [0.1, 0.15) is 43.3 Å². The van der Waals surface area contributed by atoms with E-state index in [0.29, 0.717) is 23.0 Å². The van der Waals surface area contributed by atoms with Crippen LogP contribution in [0.2, 0.25) is 0 Å². The number of hydrogen-bond acceptors (Lipinski definition) is 3. The number of nitrogens with zero attached hydrogens (tertiary/aromatic N) is 3. The maximum Gasteiger partial charge on any atom is 0.416 e. The Kier molecular flexibility index (Phi) is 9.60. The Balaban J connectivity index is 1.42. The van der Waals surface area contributed by atoms with Crippen LogP contribution in [0, 0.1) is 17.0 Å². The van der Waals surface area contributed by atoms with E-state index in [1.807, 2.05) is 32.9 Å². The first-order valence-electron chi connectivity index (χ1n) is 15.2. The number of carbonyl (C=O) groups excluding carboxylic acids is 1. The van der Waals surface area contributed by atoms with Gasteiger partial charge in [-0.2, -0.15) is 18.2 Å². The second-order valence-corrected chi connectivity index (χ2v) is 12.7. The van der Waals surface area contributed by atoms with E-state index in [2.05, 4.69) is 4.98 Å². The quantitative estimate of drug-likeness (QED) is 0.152. The van der Waals surface area contributed by atoms with Crippen molar-refractivity contribution in [2.45, 2.75) is 52.9 Å². The van der Waals surface area contributed by atoms with Crippen LogP contribution in [0.25, 0.3) is 22.0 Å². The SMILES string of the molecule is CC(C)(C)CN(Cc1ccc(-c2ccc(C(F)(F)F)cc2)cc1)C(=O)Cn1c(CCc2cccc(F)c2F)nc(=O)c2ccccc21. The minimum Gasteiger partial charge on any atom is -0.336 e. The number of aryl methyl sites for hydroxylation is 2. The summed E-state index contributed by atoms with van der Waals surface area (Å²) in [7, 11) is 0. The lowest BCUT2D eigenvalue weighted by atomic mass is 9.95.